The summed E-state index contributed by atoms with van der Waals surface area (Å²) in [4.78, 5) is 0. The van der Waals surface area contributed by atoms with E-state index in [2.05, 4.69) is 11.6 Å². The largest absolute Gasteiger partial charge is 0.460 e. The van der Waals surface area contributed by atoms with Crippen LogP contribution >= 0.6 is 11.6 Å². The van der Waals surface area contributed by atoms with Crippen molar-refractivity contribution in [3.05, 3.63) is 0 Å². The van der Waals surface area contributed by atoms with Gasteiger partial charge in [-0.15, -0.1) is 11.6 Å². The van der Waals surface area contributed by atoms with E-state index in [1.54, 1.807) is 0 Å². The third-order valence-electron chi connectivity index (χ3n) is 2.98. The molecule has 0 N–H and O–H groups in total. The summed E-state index contributed by atoms with van der Waals surface area (Å²) >= 11 is 4.55. The van der Waals surface area contributed by atoms with E-state index in [9.17, 15) is 57.1 Å². The van der Waals surface area contributed by atoms with Gasteiger partial charge in [0.1, 0.15) is 0 Å². The van der Waals surface area contributed by atoms with Gasteiger partial charge in [0.15, 0.2) is 0 Å². The summed E-state index contributed by atoms with van der Waals surface area (Å²) in [5.41, 5.74) is 0. The molecule has 0 spiro atoms. The van der Waals surface area contributed by atoms with Crippen molar-refractivity contribution in [1.29, 1.82) is 0 Å². The first-order chi connectivity index (χ1) is 12.7. The number of alkyl halides is 14. The Hall–Kier alpha value is -0.483. The fourth-order valence-electron chi connectivity index (χ4n) is 1.30. The van der Waals surface area contributed by atoms with Crippen molar-refractivity contribution in [1.82, 2.24) is 0 Å². The lowest BCUT2D eigenvalue weighted by Crippen LogP contribution is -2.70. The maximum Gasteiger partial charge on any atom is 0.460 e. The third kappa shape index (κ3) is 6.50. The highest BCUT2D eigenvalue weighted by atomic mass is 35.5. The van der Waals surface area contributed by atoms with Crippen LogP contribution in [0.1, 0.15) is 20.3 Å². The smallest absolute Gasteiger partial charge is 0.399 e. The standard InChI is InChI=1S/C8H4ClF13.C4H12O2Si/c9-2-1-3(10,11)4(12,13)5(14,15)6(16,17)7(18,19)8(20,21)22;1-3-5-7-6-4-2/h1-2H2;3-4,7H2,1-2H3. The molecule has 0 saturated heterocycles. The van der Waals surface area contributed by atoms with E-state index in [0.29, 0.717) is 0 Å². The lowest BCUT2D eigenvalue weighted by molar-refractivity contribution is -0.439. The number of rotatable bonds is 10. The molecular formula is C12H16ClF13O2Si. The maximum atomic E-state index is 12.8. The summed E-state index contributed by atoms with van der Waals surface area (Å²) in [6, 6.07) is 0. The lowest BCUT2D eigenvalue weighted by Gasteiger charge is -2.39. The Morgan fingerprint density at radius 2 is 0.966 bits per heavy atom. The molecule has 0 aromatic heterocycles. The summed E-state index contributed by atoms with van der Waals surface area (Å²) in [5, 5.41) is 0. The monoisotopic (exact) mass is 502 g/mol. The van der Waals surface area contributed by atoms with Gasteiger partial charge in [-0.25, -0.2) is 0 Å². The Labute approximate surface area is 163 Å². The summed E-state index contributed by atoms with van der Waals surface area (Å²) < 4.78 is 172. The van der Waals surface area contributed by atoms with E-state index in [4.69, 9.17) is 8.85 Å². The van der Waals surface area contributed by atoms with Crippen LogP contribution in [0.15, 0.2) is 0 Å². The molecule has 0 rings (SSSR count). The topological polar surface area (TPSA) is 18.5 Å². The summed E-state index contributed by atoms with van der Waals surface area (Å²) in [6.45, 7) is 5.55. The van der Waals surface area contributed by atoms with Gasteiger partial charge < -0.3 is 8.85 Å². The normalized spacial score (nSPS) is 14.5. The molecule has 0 amide bonds. The van der Waals surface area contributed by atoms with Crippen LogP contribution in [0.5, 0.6) is 0 Å². The van der Waals surface area contributed by atoms with Crippen LogP contribution in [-0.2, 0) is 8.85 Å². The average Bonchev–Trinajstić information content (AvgIpc) is 2.54. The van der Waals surface area contributed by atoms with Crippen molar-refractivity contribution in [2.75, 3.05) is 19.1 Å². The molecular weight excluding hydrogens is 487 g/mol. The zero-order valence-electron chi connectivity index (χ0n) is 14.6. The van der Waals surface area contributed by atoms with Crippen molar-refractivity contribution in [2.45, 2.75) is 56.1 Å². The molecule has 0 radical (unpaired) electrons. The molecule has 0 aromatic rings. The second-order valence-corrected chi connectivity index (χ2v) is 6.47. The molecule has 178 valence electrons. The molecule has 17 heteroatoms. The minimum Gasteiger partial charge on any atom is -0.399 e. The predicted molar refractivity (Wildman–Crippen MR) is 77.9 cm³/mol. The van der Waals surface area contributed by atoms with Crippen molar-refractivity contribution in [2.24, 2.45) is 0 Å². The highest BCUT2D eigenvalue weighted by Gasteiger charge is 2.90. The molecule has 2 nitrogen and oxygen atoms in total. The van der Waals surface area contributed by atoms with Gasteiger partial charge in [-0.3, -0.25) is 0 Å². The van der Waals surface area contributed by atoms with Crippen LogP contribution in [0.25, 0.3) is 0 Å². The van der Waals surface area contributed by atoms with E-state index >= 15 is 0 Å². The third-order valence-corrected chi connectivity index (χ3v) is 4.32. The molecule has 0 atom stereocenters. The van der Waals surface area contributed by atoms with Crippen molar-refractivity contribution in [3.8, 4) is 0 Å². The van der Waals surface area contributed by atoms with Gasteiger partial charge in [0, 0.05) is 25.5 Å². The molecule has 0 saturated carbocycles. The highest BCUT2D eigenvalue weighted by Crippen LogP contribution is 2.60. The summed E-state index contributed by atoms with van der Waals surface area (Å²) in [6.07, 6.45) is -9.76. The first kappa shape index (κ1) is 30.7. The van der Waals surface area contributed by atoms with E-state index in [1.165, 1.54) is 0 Å². The SMILES string of the molecule is CCO[SiH2]OCC.FC(F)(F)C(F)(F)C(F)(F)C(F)(F)C(F)(F)C(F)(F)CCCl. The summed E-state index contributed by atoms with van der Waals surface area (Å²) in [7, 11) is -0.589. The van der Waals surface area contributed by atoms with Gasteiger partial charge >= 0.3 is 45.8 Å². The van der Waals surface area contributed by atoms with Crippen LogP contribution in [0.2, 0.25) is 0 Å². The Morgan fingerprint density at radius 1 is 0.621 bits per heavy atom. The fourth-order valence-corrected chi connectivity index (χ4v) is 1.99. The summed E-state index contributed by atoms with van der Waals surface area (Å²) in [5.74, 6) is -38.0. The zero-order chi connectivity index (χ0) is 23.9. The zero-order valence-corrected chi connectivity index (χ0v) is 16.8. The van der Waals surface area contributed by atoms with E-state index in [0.717, 1.165) is 13.2 Å². The predicted octanol–water partition coefficient (Wildman–Crippen LogP) is 5.41. The Bertz CT molecular complexity index is 481. The van der Waals surface area contributed by atoms with Crippen LogP contribution in [-0.4, -0.2) is 64.9 Å². The number of hydrogen-bond donors (Lipinski definition) is 0. The van der Waals surface area contributed by atoms with Gasteiger partial charge in [-0.05, 0) is 13.8 Å². The van der Waals surface area contributed by atoms with Gasteiger partial charge in [0.05, 0.1) is 0 Å². The maximum absolute atomic E-state index is 12.8. The number of halogens is 14. The molecule has 0 aliphatic carbocycles. The minimum absolute atomic E-state index is 0.589. The Morgan fingerprint density at radius 3 is 1.24 bits per heavy atom. The van der Waals surface area contributed by atoms with Crippen LogP contribution in [0.4, 0.5) is 57.1 Å². The van der Waals surface area contributed by atoms with Crippen molar-refractivity contribution in [3.63, 3.8) is 0 Å². The highest BCUT2D eigenvalue weighted by molar-refractivity contribution is 6.18. The van der Waals surface area contributed by atoms with Crippen LogP contribution < -0.4 is 0 Å². The fraction of sp³-hybridized carbons (Fsp3) is 1.00. The van der Waals surface area contributed by atoms with Gasteiger partial charge in [-0.2, -0.15) is 57.1 Å². The van der Waals surface area contributed by atoms with Gasteiger partial charge in [0.25, 0.3) is 0 Å². The van der Waals surface area contributed by atoms with Gasteiger partial charge in [-0.1, -0.05) is 0 Å². The van der Waals surface area contributed by atoms with E-state index < -0.39 is 58.1 Å². The molecule has 0 bridgehead atoms. The van der Waals surface area contributed by atoms with E-state index in [-0.39, 0.29) is 0 Å². The molecule has 0 heterocycles. The molecule has 0 aliphatic heterocycles. The lowest BCUT2D eigenvalue weighted by atomic mass is 9.93. The van der Waals surface area contributed by atoms with Crippen LogP contribution in [0.3, 0.4) is 0 Å². The van der Waals surface area contributed by atoms with E-state index in [1.807, 2.05) is 13.8 Å². The first-order valence-electron chi connectivity index (χ1n) is 7.40. The number of hydrogen-bond acceptors (Lipinski definition) is 2. The van der Waals surface area contributed by atoms with Crippen LogP contribution in [0, 0.1) is 0 Å². The average molecular weight is 503 g/mol. The Kier molecular flexibility index (Phi) is 11.3. The first-order valence-corrected chi connectivity index (χ1v) is 9.09. The van der Waals surface area contributed by atoms with Gasteiger partial charge in [0.2, 0.25) is 0 Å². The van der Waals surface area contributed by atoms with Crippen molar-refractivity contribution >= 4 is 21.6 Å². The second kappa shape index (κ2) is 10.7. The molecule has 0 unspecified atom stereocenters. The van der Waals surface area contributed by atoms with Crippen molar-refractivity contribution < 1.29 is 65.9 Å². The Balaban J connectivity index is 0. The molecule has 29 heavy (non-hydrogen) atoms. The molecule has 0 fully saturated rings. The quantitative estimate of drug-likeness (QED) is 0.172. The minimum atomic E-state index is -7.85. The molecule has 0 aromatic carbocycles. The second-order valence-electron chi connectivity index (χ2n) is 5.04. The molecule has 0 aliphatic rings.